The Hall–Kier alpha value is -2.92. The quantitative estimate of drug-likeness (QED) is 0.495. The highest BCUT2D eigenvalue weighted by Gasteiger charge is 2.17. The molecule has 27 heavy (non-hydrogen) atoms. The fourth-order valence-electron chi connectivity index (χ4n) is 3.17. The molecule has 4 aromatic rings. The van der Waals surface area contributed by atoms with Gasteiger partial charge in [0.2, 0.25) is 11.3 Å². The SMILES string of the molecule is CCCn1cc(-c2nc(-c3cccc(Cl)c3)no2)c(=O)c2cc(C)ccc21. The molecule has 4 rings (SSSR count). The fourth-order valence-corrected chi connectivity index (χ4v) is 3.36. The maximum absolute atomic E-state index is 13.1. The summed E-state index contributed by atoms with van der Waals surface area (Å²) in [4.78, 5) is 17.5. The summed E-state index contributed by atoms with van der Waals surface area (Å²) in [5.74, 6) is 0.613. The number of nitrogens with zero attached hydrogens (tertiary/aromatic N) is 3. The van der Waals surface area contributed by atoms with Gasteiger partial charge < -0.3 is 9.09 Å². The molecule has 6 heteroatoms. The third-order valence-corrected chi connectivity index (χ3v) is 4.67. The van der Waals surface area contributed by atoms with Crippen molar-refractivity contribution >= 4 is 22.5 Å². The van der Waals surface area contributed by atoms with Crippen LogP contribution < -0.4 is 5.43 Å². The highest BCUT2D eigenvalue weighted by molar-refractivity contribution is 6.30. The molecule has 0 bridgehead atoms. The van der Waals surface area contributed by atoms with Gasteiger partial charge in [-0.3, -0.25) is 4.79 Å². The van der Waals surface area contributed by atoms with E-state index in [0.29, 0.717) is 21.8 Å². The summed E-state index contributed by atoms with van der Waals surface area (Å²) in [7, 11) is 0. The normalized spacial score (nSPS) is 11.2. The van der Waals surface area contributed by atoms with Gasteiger partial charge in [0, 0.05) is 28.7 Å². The van der Waals surface area contributed by atoms with Gasteiger partial charge in [-0.05, 0) is 37.6 Å². The van der Waals surface area contributed by atoms with Crippen LogP contribution in [0, 0.1) is 6.92 Å². The average Bonchev–Trinajstić information content (AvgIpc) is 3.14. The van der Waals surface area contributed by atoms with E-state index in [-0.39, 0.29) is 11.3 Å². The smallest absolute Gasteiger partial charge is 0.263 e. The lowest BCUT2D eigenvalue weighted by molar-refractivity contribution is 0.431. The summed E-state index contributed by atoms with van der Waals surface area (Å²) in [6.45, 7) is 4.86. The van der Waals surface area contributed by atoms with Crippen molar-refractivity contribution in [2.45, 2.75) is 26.8 Å². The molecule has 2 heterocycles. The van der Waals surface area contributed by atoms with Crippen LogP contribution in [0.5, 0.6) is 0 Å². The van der Waals surface area contributed by atoms with Crippen molar-refractivity contribution in [1.82, 2.24) is 14.7 Å². The highest BCUT2D eigenvalue weighted by atomic mass is 35.5. The number of pyridine rings is 1. The summed E-state index contributed by atoms with van der Waals surface area (Å²) >= 11 is 6.04. The number of rotatable bonds is 4. The van der Waals surface area contributed by atoms with Gasteiger partial charge in [-0.1, -0.05) is 47.4 Å². The van der Waals surface area contributed by atoms with Crippen molar-refractivity contribution in [3.05, 3.63) is 69.5 Å². The van der Waals surface area contributed by atoms with Crippen molar-refractivity contribution in [2.75, 3.05) is 0 Å². The molecule has 0 aliphatic carbocycles. The molecule has 0 N–H and O–H groups in total. The summed E-state index contributed by atoms with van der Waals surface area (Å²) in [6.07, 6.45) is 2.75. The van der Waals surface area contributed by atoms with E-state index in [9.17, 15) is 4.79 Å². The Balaban J connectivity index is 1.89. The van der Waals surface area contributed by atoms with Crippen LogP contribution in [0.25, 0.3) is 33.7 Å². The number of hydrogen-bond donors (Lipinski definition) is 0. The predicted molar refractivity (Wildman–Crippen MR) is 107 cm³/mol. The van der Waals surface area contributed by atoms with Crippen molar-refractivity contribution < 1.29 is 4.52 Å². The minimum absolute atomic E-state index is 0.109. The van der Waals surface area contributed by atoms with Crippen molar-refractivity contribution in [3.63, 3.8) is 0 Å². The third-order valence-electron chi connectivity index (χ3n) is 4.44. The predicted octanol–water partition coefficient (Wildman–Crippen LogP) is 5.09. The Labute approximate surface area is 161 Å². The second-order valence-electron chi connectivity index (χ2n) is 6.52. The molecule has 0 aliphatic heterocycles. The van der Waals surface area contributed by atoms with E-state index in [4.69, 9.17) is 16.1 Å². The zero-order valence-electron chi connectivity index (χ0n) is 15.1. The molecule has 0 saturated heterocycles. The average molecular weight is 380 g/mol. The first-order valence-corrected chi connectivity index (χ1v) is 9.18. The molecule has 136 valence electrons. The van der Waals surface area contributed by atoms with Gasteiger partial charge in [0.1, 0.15) is 5.56 Å². The van der Waals surface area contributed by atoms with Gasteiger partial charge in [-0.2, -0.15) is 4.98 Å². The lowest BCUT2D eigenvalue weighted by atomic mass is 10.1. The van der Waals surface area contributed by atoms with Crippen molar-refractivity contribution in [3.8, 4) is 22.8 Å². The van der Waals surface area contributed by atoms with Gasteiger partial charge >= 0.3 is 0 Å². The number of fused-ring (bicyclic) bond motifs is 1. The number of benzene rings is 2. The van der Waals surface area contributed by atoms with Gasteiger partial charge in [0.05, 0.1) is 5.52 Å². The number of aryl methyl sites for hydroxylation is 2. The molecule has 0 atom stereocenters. The summed E-state index contributed by atoms with van der Waals surface area (Å²) < 4.78 is 7.48. The van der Waals surface area contributed by atoms with E-state index in [1.165, 1.54) is 0 Å². The van der Waals surface area contributed by atoms with Gasteiger partial charge in [0.25, 0.3) is 5.89 Å². The van der Waals surface area contributed by atoms with Crippen LogP contribution in [0.1, 0.15) is 18.9 Å². The van der Waals surface area contributed by atoms with E-state index in [1.54, 1.807) is 18.3 Å². The standard InChI is InChI=1S/C21H18ClN3O2/c1-3-9-25-12-17(19(26)16-10-13(2)7-8-18(16)25)21-23-20(24-27-21)14-5-4-6-15(22)11-14/h4-8,10-12H,3,9H2,1-2H3. The van der Waals surface area contributed by atoms with E-state index < -0.39 is 0 Å². The maximum atomic E-state index is 13.1. The van der Waals surface area contributed by atoms with Crippen LogP contribution in [-0.2, 0) is 6.54 Å². The van der Waals surface area contributed by atoms with Crippen LogP contribution in [0.15, 0.2) is 58.0 Å². The minimum Gasteiger partial charge on any atom is -0.346 e. The number of halogens is 1. The zero-order valence-corrected chi connectivity index (χ0v) is 15.8. The summed E-state index contributed by atoms with van der Waals surface area (Å²) in [5.41, 5.74) is 2.98. The molecular formula is C21H18ClN3O2. The first-order valence-electron chi connectivity index (χ1n) is 8.80. The first kappa shape index (κ1) is 17.5. The number of aromatic nitrogens is 3. The molecular weight excluding hydrogens is 362 g/mol. The Kier molecular flexibility index (Phi) is 4.54. The van der Waals surface area contributed by atoms with Crippen LogP contribution in [0.2, 0.25) is 5.02 Å². The summed E-state index contributed by atoms with van der Waals surface area (Å²) in [5, 5.41) is 5.27. The number of hydrogen-bond acceptors (Lipinski definition) is 4. The highest BCUT2D eigenvalue weighted by Crippen LogP contribution is 2.24. The van der Waals surface area contributed by atoms with Crippen LogP contribution >= 0.6 is 11.6 Å². The van der Waals surface area contributed by atoms with Crippen LogP contribution in [0.3, 0.4) is 0 Å². The zero-order chi connectivity index (χ0) is 19.0. The minimum atomic E-state index is -0.109. The van der Waals surface area contributed by atoms with Crippen molar-refractivity contribution in [2.24, 2.45) is 0 Å². The Bertz CT molecular complexity index is 1190. The lowest BCUT2D eigenvalue weighted by Gasteiger charge is -2.11. The maximum Gasteiger partial charge on any atom is 0.263 e. The van der Waals surface area contributed by atoms with E-state index >= 15 is 0 Å². The van der Waals surface area contributed by atoms with E-state index in [0.717, 1.165) is 29.6 Å². The molecule has 5 nitrogen and oxygen atoms in total. The third kappa shape index (κ3) is 3.26. The van der Waals surface area contributed by atoms with E-state index in [2.05, 4.69) is 21.6 Å². The second-order valence-corrected chi connectivity index (χ2v) is 6.96. The Morgan fingerprint density at radius 2 is 2.04 bits per heavy atom. The van der Waals surface area contributed by atoms with Gasteiger partial charge in [-0.25, -0.2) is 0 Å². The van der Waals surface area contributed by atoms with E-state index in [1.807, 2.05) is 37.3 Å². The first-order chi connectivity index (χ1) is 13.1. The molecule has 0 aliphatic rings. The molecule has 0 saturated carbocycles. The van der Waals surface area contributed by atoms with Gasteiger partial charge in [0.15, 0.2) is 0 Å². The topological polar surface area (TPSA) is 60.9 Å². The molecule has 0 fully saturated rings. The second kappa shape index (κ2) is 7.00. The monoisotopic (exact) mass is 379 g/mol. The Morgan fingerprint density at radius 3 is 2.81 bits per heavy atom. The molecule has 0 unspecified atom stereocenters. The van der Waals surface area contributed by atoms with Crippen LogP contribution in [0.4, 0.5) is 0 Å². The Morgan fingerprint density at radius 1 is 1.19 bits per heavy atom. The largest absolute Gasteiger partial charge is 0.346 e. The van der Waals surface area contributed by atoms with Crippen LogP contribution in [-0.4, -0.2) is 14.7 Å². The molecule has 0 spiro atoms. The molecule has 0 radical (unpaired) electrons. The molecule has 2 aromatic heterocycles. The molecule has 2 aromatic carbocycles. The molecule has 0 amide bonds. The van der Waals surface area contributed by atoms with Gasteiger partial charge in [-0.15, -0.1) is 0 Å². The fraction of sp³-hybridized carbons (Fsp3) is 0.190. The summed E-state index contributed by atoms with van der Waals surface area (Å²) in [6, 6.07) is 13.1. The lowest BCUT2D eigenvalue weighted by Crippen LogP contribution is -2.12. The van der Waals surface area contributed by atoms with Crippen molar-refractivity contribution in [1.29, 1.82) is 0 Å².